The highest BCUT2D eigenvalue weighted by Crippen LogP contribution is 2.10. The summed E-state index contributed by atoms with van der Waals surface area (Å²) in [6.45, 7) is 1.61. The van der Waals surface area contributed by atoms with Gasteiger partial charge in [0.25, 0.3) is 5.91 Å². The lowest BCUT2D eigenvalue weighted by atomic mass is 10.2. The van der Waals surface area contributed by atoms with E-state index in [4.69, 9.17) is 9.47 Å². The van der Waals surface area contributed by atoms with Crippen LogP contribution in [-0.4, -0.2) is 31.1 Å². The lowest BCUT2D eigenvalue weighted by Crippen LogP contribution is -2.20. The number of hydrogen-bond acceptors (Lipinski definition) is 5. The summed E-state index contributed by atoms with van der Waals surface area (Å²) in [6, 6.07) is 15.5. The molecule has 2 rings (SSSR count). The first-order valence-corrected chi connectivity index (χ1v) is 8.05. The molecule has 6 heteroatoms. The fourth-order valence-electron chi connectivity index (χ4n) is 2.01. The van der Waals surface area contributed by atoms with Crippen molar-refractivity contribution in [3.05, 3.63) is 71.8 Å². The van der Waals surface area contributed by atoms with Crippen LogP contribution in [0.25, 0.3) is 6.08 Å². The second kappa shape index (κ2) is 9.78. The number of anilines is 1. The first kappa shape index (κ1) is 18.9. The summed E-state index contributed by atoms with van der Waals surface area (Å²) in [7, 11) is 0. The lowest BCUT2D eigenvalue weighted by molar-refractivity contribution is -0.142. The average molecular weight is 353 g/mol. The third kappa shape index (κ3) is 6.24. The molecule has 2 aromatic rings. The zero-order chi connectivity index (χ0) is 18.8. The molecule has 0 aromatic heterocycles. The molecular formula is C20H19NO5. The van der Waals surface area contributed by atoms with Crippen molar-refractivity contribution >= 4 is 29.6 Å². The molecule has 0 unspecified atom stereocenters. The predicted molar refractivity (Wildman–Crippen MR) is 97.5 cm³/mol. The number of nitrogens with one attached hydrogen (secondary N) is 1. The van der Waals surface area contributed by atoms with Crippen molar-refractivity contribution in [2.24, 2.45) is 0 Å². The highest BCUT2D eigenvalue weighted by atomic mass is 16.5. The van der Waals surface area contributed by atoms with Crippen LogP contribution in [0.5, 0.6) is 0 Å². The molecule has 0 spiro atoms. The first-order chi connectivity index (χ1) is 12.6. The third-order valence-corrected chi connectivity index (χ3v) is 3.24. The van der Waals surface area contributed by atoms with E-state index in [0.29, 0.717) is 17.9 Å². The molecule has 134 valence electrons. The van der Waals surface area contributed by atoms with E-state index >= 15 is 0 Å². The van der Waals surface area contributed by atoms with Gasteiger partial charge >= 0.3 is 11.9 Å². The number of carbonyl (C=O) groups excluding carboxylic acids is 3. The Kier molecular flexibility index (Phi) is 7.12. The van der Waals surface area contributed by atoms with Crippen LogP contribution in [0.3, 0.4) is 0 Å². The predicted octanol–water partition coefficient (Wildman–Crippen LogP) is 3.06. The Hall–Kier alpha value is -3.41. The van der Waals surface area contributed by atoms with E-state index in [-0.39, 0.29) is 0 Å². The molecule has 0 aliphatic heterocycles. The van der Waals surface area contributed by atoms with Gasteiger partial charge in [0.2, 0.25) is 0 Å². The SMILES string of the molecule is CCOC(=O)c1ccc(NC(=O)COC(=O)/C=C/c2ccccc2)cc1. The molecule has 0 heterocycles. The molecule has 0 aliphatic rings. The lowest BCUT2D eigenvalue weighted by Gasteiger charge is -2.06. The number of hydrogen-bond donors (Lipinski definition) is 1. The van der Waals surface area contributed by atoms with Gasteiger partial charge in [-0.3, -0.25) is 4.79 Å². The van der Waals surface area contributed by atoms with E-state index in [0.717, 1.165) is 5.56 Å². The summed E-state index contributed by atoms with van der Waals surface area (Å²) in [5.74, 6) is -1.51. The number of ether oxygens (including phenoxy) is 2. The number of amides is 1. The standard InChI is InChI=1S/C20H19NO5/c1-2-25-20(24)16-9-11-17(12-10-16)21-18(22)14-26-19(23)13-8-15-6-4-3-5-7-15/h3-13H,2,14H2,1H3,(H,21,22)/b13-8+. The van der Waals surface area contributed by atoms with E-state index in [1.54, 1.807) is 37.3 Å². The van der Waals surface area contributed by atoms with E-state index in [2.05, 4.69) is 5.32 Å². The molecule has 0 atom stereocenters. The molecule has 0 radical (unpaired) electrons. The van der Waals surface area contributed by atoms with Gasteiger partial charge in [-0.2, -0.15) is 0 Å². The molecule has 1 amide bonds. The molecule has 0 fully saturated rings. The normalized spacial score (nSPS) is 10.3. The van der Waals surface area contributed by atoms with Crippen molar-refractivity contribution < 1.29 is 23.9 Å². The van der Waals surface area contributed by atoms with Gasteiger partial charge < -0.3 is 14.8 Å². The molecule has 0 bridgehead atoms. The molecule has 26 heavy (non-hydrogen) atoms. The van der Waals surface area contributed by atoms with Crippen molar-refractivity contribution in [1.29, 1.82) is 0 Å². The molecule has 1 N–H and O–H groups in total. The highest BCUT2D eigenvalue weighted by molar-refractivity contribution is 5.95. The topological polar surface area (TPSA) is 81.7 Å². The van der Waals surface area contributed by atoms with E-state index < -0.39 is 24.5 Å². The first-order valence-electron chi connectivity index (χ1n) is 8.05. The highest BCUT2D eigenvalue weighted by Gasteiger charge is 2.08. The Morgan fingerprint density at radius 3 is 2.31 bits per heavy atom. The average Bonchev–Trinajstić information content (AvgIpc) is 2.66. The van der Waals surface area contributed by atoms with Crippen molar-refractivity contribution in [2.75, 3.05) is 18.5 Å². The number of carbonyl (C=O) groups is 3. The van der Waals surface area contributed by atoms with Crippen LogP contribution in [-0.2, 0) is 19.1 Å². The Bertz CT molecular complexity index is 782. The van der Waals surface area contributed by atoms with Gasteiger partial charge in [0.15, 0.2) is 6.61 Å². The number of esters is 2. The quantitative estimate of drug-likeness (QED) is 0.611. The molecule has 0 saturated heterocycles. The van der Waals surface area contributed by atoms with E-state index in [1.807, 2.05) is 30.3 Å². The monoisotopic (exact) mass is 353 g/mol. The van der Waals surface area contributed by atoms with Crippen molar-refractivity contribution in [2.45, 2.75) is 6.92 Å². The van der Waals surface area contributed by atoms with Crippen LogP contribution in [0.15, 0.2) is 60.7 Å². The number of benzene rings is 2. The van der Waals surface area contributed by atoms with Crippen molar-refractivity contribution in [3.8, 4) is 0 Å². The maximum absolute atomic E-state index is 11.8. The summed E-state index contributed by atoms with van der Waals surface area (Å²) in [5.41, 5.74) is 1.73. The minimum absolute atomic E-state index is 0.293. The Morgan fingerprint density at radius 2 is 1.65 bits per heavy atom. The summed E-state index contributed by atoms with van der Waals surface area (Å²) in [6.07, 6.45) is 2.87. The smallest absolute Gasteiger partial charge is 0.338 e. The second-order valence-electron chi connectivity index (χ2n) is 5.20. The van der Waals surface area contributed by atoms with E-state index in [1.165, 1.54) is 6.08 Å². The summed E-state index contributed by atoms with van der Waals surface area (Å²) in [5, 5.41) is 2.58. The molecular weight excluding hydrogens is 334 g/mol. The molecule has 0 saturated carbocycles. The Balaban J connectivity index is 1.78. The van der Waals surface area contributed by atoms with Crippen LogP contribution < -0.4 is 5.32 Å². The van der Waals surface area contributed by atoms with Gasteiger partial charge in [-0.05, 0) is 42.8 Å². The molecule has 6 nitrogen and oxygen atoms in total. The summed E-state index contributed by atoms with van der Waals surface area (Å²) in [4.78, 5) is 35.0. The second-order valence-corrected chi connectivity index (χ2v) is 5.20. The van der Waals surface area contributed by atoms with Gasteiger partial charge in [-0.25, -0.2) is 9.59 Å². The fraction of sp³-hybridized carbons (Fsp3) is 0.150. The van der Waals surface area contributed by atoms with Gasteiger partial charge in [-0.15, -0.1) is 0 Å². The van der Waals surface area contributed by atoms with Crippen molar-refractivity contribution in [3.63, 3.8) is 0 Å². The largest absolute Gasteiger partial charge is 0.462 e. The summed E-state index contributed by atoms with van der Waals surface area (Å²) < 4.78 is 9.76. The van der Waals surface area contributed by atoms with Crippen molar-refractivity contribution in [1.82, 2.24) is 0 Å². The fourth-order valence-corrected chi connectivity index (χ4v) is 2.01. The summed E-state index contributed by atoms with van der Waals surface area (Å²) >= 11 is 0. The van der Waals surface area contributed by atoms with Gasteiger partial charge in [0.1, 0.15) is 0 Å². The Morgan fingerprint density at radius 1 is 0.962 bits per heavy atom. The zero-order valence-corrected chi connectivity index (χ0v) is 14.3. The van der Waals surface area contributed by atoms with Crippen LogP contribution in [0.1, 0.15) is 22.8 Å². The van der Waals surface area contributed by atoms with E-state index in [9.17, 15) is 14.4 Å². The minimum atomic E-state index is -0.610. The minimum Gasteiger partial charge on any atom is -0.462 e. The van der Waals surface area contributed by atoms with Crippen LogP contribution in [0, 0.1) is 0 Å². The maximum Gasteiger partial charge on any atom is 0.338 e. The molecule has 0 aliphatic carbocycles. The van der Waals surface area contributed by atoms with Crippen LogP contribution in [0.4, 0.5) is 5.69 Å². The van der Waals surface area contributed by atoms with Crippen LogP contribution in [0.2, 0.25) is 0 Å². The van der Waals surface area contributed by atoms with Crippen LogP contribution >= 0.6 is 0 Å². The molecule has 2 aromatic carbocycles. The third-order valence-electron chi connectivity index (χ3n) is 3.24. The van der Waals surface area contributed by atoms with Gasteiger partial charge in [-0.1, -0.05) is 30.3 Å². The van der Waals surface area contributed by atoms with Gasteiger partial charge in [0, 0.05) is 11.8 Å². The number of rotatable bonds is 7. The maximum atomic E-state index is 11.8. The van der Waals surface area contributed by atoms with Gasteiger partial charge in [0.05, 0.1) is 12.2 Å². The zero-order valence-electron chi connectivity index (χ0n) is 14.3. The Labute approximate surface area is 151 Å².